The number of pyridine rings is 2. The minimum atomic E-state index is -0.257. The zero-order valence-corrected chi connectivity index (χ0v) is 9.52. The highest BCUT2D eigenvalue weighted by atomic mass is 32.1. The molecule has 3 heterocycles. The van der Waals surface area contributed by atoms with Gasteiger partial charge in [-0.05, 0) is 24.3 Å². The topological polar surface area (TPSA) is 55.7 Å². The molecule has 4 nitrogen and oxygen atoms in total. The Hall–Kier alpha value is -2.14. The zero-order valence-electron chi connectivity index (χ0n) is 8.70. The first-order chi connectivity index (χ1) is 8.34. The molecule has 0 aliphatic carbocycles. The van der Waals surface area contributed by atoms with Crippen molar-refractivity contribution >= 4 is 21.6 Å². The fourth-order valence-electron chi connectivity index (χ4n) is 1.50. The largest absolute Gasteiger partial charge is 0.281 e. The highest BCUT2D eigenvalue weighted by Gasteiger charge is 2.07. The average Bonchev–Trinajstić information content (AvgIpc) is 2.40. The van der Waals surface area contributed by atoms with Crippen molar-refractivity contribution in [2.75, 3.05) is 0 Å². The summed E-state index contributed by atoms with van der Waals surface area (Å²) in [5.74, 6) is 0. The molecule has 0 radical (unpaired) electrons. The predicted octanol–water partition coefficient (Wildman–Crippen LogP) is 2.11. The Morgan fingerprint density at radius 1 is 1.00 bits per heavy atom. The van der Waals surface area contributed by atoms with Gasteiger partial charge in [-0.25, -0.2) is 4.98 Å². The summed E-state index contributed by atoms with van der Waals surface area (Å²) in [6.45, 7) is 0. The van der Waals surface area contributed by atoms with E-state index in [1.807, 2.05) is 18.2 Å². The van der Waals surface area contributed by atoms with E-state index in [2.05, 4.69) is 15.0 Å². The van der Waals surface area contributed by atoms with E-state index in [0.717, 1.165) is 0 Å². The van der Waals surface area contributed by atoms with Crippen LogP contribution in [0.1, 0.15) is 0 Å². The van der Waals surface area contributed by atoms with Gasteiger partial charge in [-0.15, -0.1) is 0 Å². The summed E-state index contributed by atoms with van der Waals surface area (Å²) in [5, 5.41) is 1.15. The van der Waals surface area contributed by atoms with Gasteiger partial charge >= 0.3 is 0 Å². The molecule has 0 aromatic carbocycles. The summed E-state index contributed by atoms with van der Waals surface area (Å²) >= 11 is 1.37. The smallest absolute Gasteiger partial charge is 0.267 e. The van der Waals surface area contributed by atoms with Crippen LogP contribution < -0.4 is 5.56 Å². The fraction of sp³-hybridized carbons (Fsp3) is 0. The third-order valence-electron chi connectivity index (χ3n) is 2.28. The second-order valence-electron chi connectivity index (χ2n) is 3.40. The molecule has 0 aliphatic heterocycles. The lowest BCUT2D eigenvalue weighted by atomic mass is 10.3. The van der Waals surface area contributed by atoms with Crippen LogP contribution in [-0.2, 0) is 0 Å². The van der Waals surface area contributed by atoms with E-state index in [4.69, 9.17) is 0 Å². The Bertz CT molecular complexity index is 724. The number of hydrogen-bond acceptors (Lipinski definition) is 5. The second-order valence-corrected chi connectivity index (χ2v) is 4.37. The molecule has 0 atom stereocenters. The Morgan fingerprint density at radius 3 is 2.71 bits per heavy atom. The molecular formula is C12H7N3OS. The molecule has 0 saturated heterocycles. The van der Waals surface area contributed by atoms with Crippen molar-refractivity contribution in [3.8, 4) is 10.7 Å². The first-order valence-corrected chi connectivity index (χ1v) is 5.83. The van der Waals surface area contributed by atoms with E-state index in [9.17, 15) is 4.79 Å². The Morgan fingerprint density at radius 2 is 1.88 bits per heavy atom. The van der Waals surface area contributed by atoms with Gasteiger partial charge in [0.1, 0.15) is 9.84 Å². The number of aromatic nitrogens is 3. The number of fused-ring (bicyclic) bond motifs is 1. The molecule has 82 valence electrons. The first kappa shape index (κ1) is 10.0. The van der Waals surface area contributed by atoms with E-state index in [1.54, 1.807) is 24.5 Å². The van der Waals surface area contributed by atoms with E-state index >= 15 is 0 Å². The highest BCUT2D eigenvalue weighted by molar-refractivity contribution is 7.20. The van der Waals surface area contributed by atoms with E-state index in [1.165, 1.54) is 11.3 Å². The SMILES string of the molecule is O=c1nc(-c2ccccn2)sc2ncccc12. The van der Waals surface area contributed by atoms with Crippen LogP contribution in [0.3, 0.4) is 0 Å². The van der Waals surface area contributed by atoms with Crippen molar-refractivity contribution in [3.05, 3.63) is 53.1 Å². The van der Waals surface area contributed by atoms with Gasteiger partial charge in [-0.2, -0.15) is 4.98 Å². The Kier molecular flexibility index (Phi) is 2.38. The van der Waals surface area contributed by atoms with Crippen LogP contribution in [0.25, 0.3) is 20.9 Å². The van der Waals surface area contributed by atoms with Gasteiger partial charge in [0.15, 0.2) is 0 Å². The van der Waals surface area contributed by atoms with Crippen LogP contribution in [0, 0.1) is 0 Å². The Labute approximate surface area is 101 Å². The third-order valence-corrected chi connectivity index (χ3v) is 3.29. The van der Waals surface area contributed by atoms with Crippen molar-refractivity contribution in [2.45, 2.75) is 0 Å². The monoisotopic (exact) mass is 241 g/mol. The van der Waals surface area contributed by atoms with Gasteiger partial charge < -0.3 is 0 Å². The van der Waals surface area contributed by atoms with Crippen LogP contribution in [0.2, 0.25) is 0 Å². The van der Waals surface area contributed by atoms with Gasteiger partial charge in [-0.3, -0.25) is 9.78 Å². The maximum Gasteiger partial charge on any atom is 0.281 e. The van der Waals surface area contributed by atoms with Crippen molar-refractivity contribution in [1.29, 1.82) is 0 Å². The molecule has 0 bridgehead atoms. The molecular weight excluding hydrogens is 234 g/mol. The van der Waals surface area contributed by atoms with Gasteiger partial charge in [0.05, 0.1) is 11.1 Å². The molecule has 3 rings (SSSR count). The van der Waals surface area contributed by atoms with Crippen molar-refractivity contribution < 1.29 is 0 Å². The molecule has 0 unspecified atom stereocenters. The highest BCUT2D eigenvalue weighted by Crippen LogP contribution is 2.22. The summed E-state index contributed by atoms with van der Waals surface area (Å²) in [6.07, 6.45) is 3.34. The summed E-state index contributed by atoms with van der Waals surface area (Å²) in [5.41, 5.74) is 0.439. The summed E-state index contributed by atoms with van der Waals surface area (Å²) in [7, 11) is 0. The number of rotatable bonds is 1. The molecule has 0 N–H and O–H groups in total. The molecule has 0 saturated carbocycles. The van der Waals surface area contributed by atoms with Gasteiger partial charge in [-0.1, -0.05) is 17.4 Å². The van der Waals surface area contributed by atoms with Gasteiger partial charge in [0.2, 0.25) is 0 Å². The quantitative estimate of drug-likeness (QED) is 0.654. The average molecular weight is 241 g/mol. The molecule has 3 aromatic heterocycles. The lowest BCUT2D eigenvalue weighted by Crippen LogP contribution is -2.06. The number of hydrogen-bond donors (Lipinski definition) is 0. The summed E-state index contributed by atoms with van der Waals surface area (Å²) < 4.78 is 0. The second kappa shape index (κ2) is 4.03. The molecule has 0 aliphatic rings. The number of nitrogens with zero attached hydrogens (tertiary/aromatic N) is 3. The summed E-state index contributed by atoms with van der Waals surface area (Å²) in [4.78, 5) is 24.9. The normalized spacial score (nSPS) is 10.6. The van der Waals surface area contributed by atoms with E-state index in [0.29, 0.717) is 20.9 Å². The standard InChI is InChI=1S/C12H7N3OS/c16-10-8-4-3-7-14-11(8)17-12(15-10)9-5-1-2-6-13-9/h1-7H. The Balaban J connectivity index is 2.30. The molecule has 3 aromatic rings. The van der Waals surface area contributed by atoms with Crippen LogP contribution in [0.5, 0.6) is 0 Å². The summed E-state index contributed by atoms with van der Waals surface area (Å²) in [6, 6.07) is 8.98. The minimum absolute atomic E-state index is 0.257. The van der Waals surface area contributed by atoms with Gasteiger partial charge in [0, 0.05) is 12.4 Å². The lowest BCUT2D eigenvalue weighted by Gasteiger charge is -1.99. The first-order valence-electron chi connectivity index (χ1n) is 5.02. The van der Waals surface area contributed by atoms with Crippen molar-refractivity contribution in [3.63, 3.8) is 0 Å². The predicted molar refractivity (Wildman–Crippen MR) is 66.9 cm³/mol. The van der Waals surface area contributed by atoms with E-state index in [-0.39, 0.29) is 5.56 Å². The van der Waals surface area contributed by atoms with Crippen molar-refractivity contribution in [1.82, 2.24) is 15.0 Å². The zero-order chi connectivity index (χ0) is 11.7. The van der Waals surface area contributed by atoms with Crippen LogP contribution in [0.15, 0.2) is 47.5 Å². The third kappa shape index (κ3) is 1.81. The van der Waals surface area contributed by atoms with Gasteiger partial charge in [0.25, 0.3) is 5.56 Å². The van der Waals surface area contributed by atoms with Crippen LogP contribution in [-0.4, -0.2) is 15.0 Å². The molecule has 0 fully saturated rings. The fourth-order valence-corrected chi connectivity index (χ4v) is 2.42. The maximum absolute atomic E-state index is 11.8. The molecule has 17 heavy (non-hydrogen) atoms. The lowest BCUT2D eigenvalue weighted by molar-refractivity contribution is 1.25. The van der Waals surface area contributed by atoms with Crippen LogP contribution in [0.4, 0.5) is 0 Å². The van der Waals surface area contributed by atoms with Crippen molar-refractivity contribution in [2.24, 2.45) is 0 Å². The molecule has 5 heteroatoms. The van der Waals surface area contributed by atoms with E-state index < -0.39 is 0 Å². The minimum Gasteiger partial charge on any atom is -0.267 e. The van der Waals surface area contributed by atoms with Crippen LogP contribution >= 0.6 is 11.3 Å². The maximum atomic E-state index is 11.8. The molecule has 0 amide bonds. The molecule has 0 spiro atoms.